The number of phenols is 2. The Hall–Kier alpha value is -8.80. The van der Waals surface area contributed by atoms with Gasteiger partial charge in [0.05, 0.1) is 22.8 Å². The summed E-state index contributed by atoms with van der Waals surface area (Å²) in [5.74, 6) is -2.52. The lowest BCUT2D eigenvalue weighted by molar-refractivity contribution is 0.0680. The fraction of sp³-hybridized carbons (Fsp3) is 0.184. The van der Waals surface area contributed by atoms with Gasteiger partial charge in [-0.3, -0.25) is 19.8 Å². The van der Waals surface area contributed by atoms with Gasteiger partial charge in [0.1, 0.15) is 22.8 Å². The molecular weight excluding hydrogens is 857 g/mol. The van der Waals surface area contributed by atoms with E-state index in [1.165, 1.54) is 62.6 Å². The molecule has 0 amide bonds. The molecule has 4 aromatic heterocycles. The fourth-order valence-corrected chi connectivity index (χ4v) is 8.48. The Morgan fingerprint density at radius 3 is 1.39 bits per heavy atom. The van der Waals surface area contributed by atoms with Crippen LogP contribution < -0.4 is 11.1 Å². The van der Waals surface area contributed by atoms with Crippen molar-refractivity contribution in [2.75, 3.05) is 0 Å². The van der Waals surface area contributed by atoms with Crippen molar-refractivity contribution in [2.45, 2.75) is 58.8 Å². The summed E-state index contributed by atoms with van der Waals surface area (Å²) in [6.45, 7) is 3.48. The summed E-state index contributed by atoms with van der Waals surface area (Å²) >= 11 is 0. The summed E-state index contributed by atoms with van der Waals surface area (Å²) in [5.41, 5.74) is 9.56. The second-order valence-electron chi connectivity index (χ2n) is 16.4. The van der Waals surface area contributed by atoms with Gasteiger partial charge in [0.15, 0.2) is 22.9 Å². The van der Waals surface area contributed by atoms with Gasteiger partial charge < -0.3 is 30.4 Å². The van der Waals surface area contributed by atoms with E-state index in [0.29, 0.717) is 33.6 Å². The Kier molecular flexibility index (Phi) is 11.7. The number of nitrogens with one attached hydrogen (secondary N) is 4. The first-order chi connectivity index (χ1) is 32.3. The molecule has 8 aromatic rings. The minimum Gasteiger partial charge on any atom is -0.505 e. The SMILES string of the molecule is Cc1[nH]n(-c2ccc3c(c2)CCC3)c(=O)c1N=Nc1cccc(-c2c[nH]c(C(=O)O)c2)c1O.Cc1[nH]n(-c2ccc3c(c2)CCCC3)c(=O)c1N=Nc1cccc(-c2c[nH]c(C(=O)O)c2)c1O. The molecule has 18 heteroatoms. The molecule has 338 valence electrons. The first kappa shape index (κ1) is 43.5. The van der Waals surface area contributed by atoms with Gasteiger partial charge in [0.25, 0.3) is 11.1 Å². The van der Waals surface area contributed by atoms with Gasteiger partial charge in [0.2, 0.25) is 0 Å². The van der Waals surface area contributed by atoms with Gasteiger partial charge in [-0.05, 0) is 130 Å². The Morgan fingerprint density at radius 2 is 0.955 bits per heavy atom. The minimum atomic E-state index is -1.10. The topological polar surface area (TPSA) is 272 Å². The Morgan fingerprint density at radius 1 is 0.537 bits per heavy atom. The molecule has 0 fully saturated rings. The number of benzene rings is 4. The highest BCUT2D eigenvalue weighted by molar-refractivity contribution is 5.89. The zero-order chi connectivity index (χ0) is 46.9. The molecule has 0 aliphatic heterocycles. The molecule has 2 aliphatic carbocycles. The van der Waals surface area contributed by atoms with Crippen LogP contribution in [0.15, 0.2) is 127 Å². The molecule has 8 N–H and O–H groups in total. The van der Waals surface area contributed by atoms with Crippen LogP contribution in [0.3, 0.4) is 0 Å². The monoisotopic (exact) mass is 900 g/mol. The van der Waals surface area contributed by atoms with Gasteiger partial charge in [-0.25, -0.2) is 19.0 Å². The molecule has 67 heavy (non-hydrogen) atoms. The fourth-order valence-electron chi connectivity index (χ4n) is 8.48. The smallest absolute Gasteiger partial charge is 0.352 e. The lowest BCUT2D eigenvalue weighted by Gasteiger charge is -2.16. The van der Waals surface area contributed by atoms with E-state index in [-0.39, 0.29) is 56.8 Å². The van der Waals surface area contributed by atoms with Crippen molar-refractivity contribution < 1.29 is 30.0 Å². The molecular formula is C49H44N10O8. The number of azo groups is 2. The van der Waals surface area contributed by atoms with E-state index in [2.05, 4.69) is 52.8 Å². The van der Waals surface area contributed by atoms with Crippen LogP contribution in [0, 0.1) is 13.8 Å². The highest BCUT2D eigenvalue weighted by atomic mass is 16.4. The molecule has 0 radical (unpaired) electrons. The van der Waals surface area contributed by atoms with Gasteiger partial charge >= 0.3 is 11.9 Å². The molecule has 18 nitrogen and oxygen atoms in total. The zero-order valence-corrected chi connectivity index (χ0v) is 36.3. The van der Waals surface area contributed by atoms with Gasteiger partial charge in [-0.15, -0.1) is 20.5 Å². The molecule has 0 saturated heterocycles. The van der Waals surface area contributed by atoms with Crippen LogP contribution in [-0.4, -0.2) is 61.9 Å². The molecule has 4 heterocycles. The molecule has 10 rings (SSSR count). The standard InChI is InChI=1S/C25H23N5O4.C24H21N5O4/c1-14-22(24(32)30(29-14)18-10-9-15-5-2-3-6-16(15)11-18)28-27-20-8-4-7-19(23(20)31)17-12-21(25(33)34)26-13-17;1-13-21(23(31)29(28-13)17-9-8-14-4-2-5-15(14)10-17)27-26-19-7-3-6-18(22(19)30)16-11-20(24(32)33)25-12-16/h4,7-13,26,29,31H,2-3,5-6H2,1H3,(H,33,34);3,6-12,25,28,30H,2,4-5H2,1H3,(H,32,33). The summed E-state index contributed by atoms with van der Waals surface area (Å²) in [6, 6.07) is 24.7. The number of H-pyrrole nitrogens is 4. The van der Waals surface area contributed by atoms with Gasteiger partial charge in [-0.1, -0.05) is 36.4 Å². The van der Waals surface area contributed by atoms with Crippen LogP contribution in [-0.2, 0) is 25.7 Å². The van der Waals surface area contributed by atoms with Gasteiger partial charge in [0, 0.05) is 34.6 Å². The number of carboxylic acids is 2. The third-order valence-electron chi connectivity index (χ3n) is 12.0. The lowest BCUT2D eigenvalue weighted by Crippen LogP contribution is -2.15. The second-order valence-corrected chi connectivity index (χ2v) is 16.4. The molecule has 0 atom stereocenters. The van der Waals surface area contributed by atoms with Crippen LogP contribution >= 0.6 is 0 Å². The quantitative estimate of drug-likeness (QED) is 0.0610. The summed E-state index contributed by atoms with van der Waals surface area (Å²) in [4.78, 5) is 53.6. The maximum Gasteiger partial charge on any atom is 0.352 e. The Balaban J connectivity index is 0.000000168. The number of aryl methyl sites for hydroxylation is 6. The van der Waals surface area contributed by atoms with E-state index in [1.807, 2.05) is 24.3 Å². The highest BCUT2D eigenvalue weighted by Gasteiger charge is 2.20. The van der Waals surface area contributed by atoms with Crippen LogP contribution in [0.5, 0.6) is 11.5 Å². The van der Waals surface area contributed by atoms with Crippen LogP contribution in [0.1, 0.15) is 73.9 Å². The van der Waals surface area contributed by atoms with Crippen LogP contribution in [0.4, 0.5) is 22.7 Å². The third-order valence-corrected chi connectivity index (χ3v) is 12.0. The minimum absolute atomic E-state index is 0.00600. The van der Waals surface area contributed by atoms with Crippen molar-refractivity contribution in [3.8, 4) is 45.1 Å². The van der Waals surface area contributed by atoms with Crippen LogP contribution in [0.25, 0.3) is 33.6 Å². The normalized spacial score (nSPS) is 13.2. The molecule has 0 unspecified atom stereocenters. The number of aromatic hydroxyl groups is 2. The molecule has 0 bridgehead atoms. The van der Waals surface area contributed by atoms with E-state index < -0.39 is 11.9 Å². The number of aromatic nitrogens is 6. The summed E-state index contributed by atoms with van der Waals surface area (Å²) in [7, 11) is 0. The number of aromatic amines is 4. The van der Waals surface area contributed by atoms with E-state index in [0.717, 1.165) is 49.9 Å². The number of para-hydroxylation sites is 2. The van der Waals surface area contributed by atoms with Crippen molar-refractivity contribution in [2.24, 2.45) is 20.5 Å². The van der Waals surface area contributed by atoms with Crippen molar-refractivity contribution >= 4 is 34.7 Å². The first-order valence-corrected chi connectivity index (χ1v) is 21.5. The largest absolute Gasteiger partial charge is 0.505 e. The molecule has 0 saturated carbocycles. The maximum absolute atomic E-state index is 13.1. The van der Waals surface area contributed by atoms with Crippen molar-refractivity contribution in [1.29, 1.82) is 0 Å². The van der Waals surface area contributed by atoms with Crippen molar-refractivity contribution in [3.63, 3.8) is 0 Å². The lowest BCUT2D eigenvalue weighted by atomic mass is 9.91. The highest BCUT2D eigenvalue weighted by Crippen LogP contribution is 2.40. The summed E-state index contributed by atoms with van der Waals surface area (Å²) in [6.07, 6.45) is 10.6. The van der Waals surface area contributed by atoms with E-state index >= 15 is 0 Å². The third kappa shape index (κ3) is 8.62. The summed E-state index contributed by atoms with van der Waals surface area (Å²) < 4.78 is 2.91. The Labute approximate surface area is 380 Å². The number of nitrogens with zero attached hydrogens (tertiary/aromatic N) is 6. The maximum atomic E-state index is 13.1. The summed E-state index contributed by atoms with van der Waals surface area (Å²) in [5, 5.41) is 62.2. The van der Waals surface area contributed by atoms with Crippen LogP contribution in [0.2, 0.25) is 0 Å². The number of phenolic OH excluding ortho intramolecular Hbond substituents is 2. The van der Waals surface area contributed by atoms with Crippen molar-refractivity contribution in [3.05, 3.63) is 163 Å². The molecule has 0 spiro atoms. The van der Waals surface area contributed by atoms with Crippen molar-refractivity contribution in [1.82, 2.24) is 29.5 Å². The number of carboxylic acid groups (broad SMARTS) is 2. The number of hydrogen-bond donors (Lipinski definition) is 8. The number of fused-ring (bicyclic) bond motifs is 2. The Bertz CT molecular complexity index is 3410. The average molecular weight is 901 g/mol. The second kappa shape index (κ2) is 18.0. The predicted octanol–water partition coefficient (Wildman–Crippen LogP) is 9.94. The van der Waals surface area contributed by atoms with Gasteiger partial charge in [-0.2, -0.15) is 0 Å². The number of hydrogen-bond acceptors (Lipinski definition) is 10. The van der Waals surface area contributed by atoms with E-state index in [1.54, 1.807) is 50.2 Å². The van der Waals surface area contributed by atoms with E-state index in [4.69, 9.17) is 10.2 Å². The number of aromatic carboxylic acids is 2. The number of carbonyl (C=O) groups is 2. The first-order valence-electron chi connectivity index (χ1n) is 21.5. The average Bonchev–Trinajstić information content (AvgIpc) is 4.18. The van der Waals surface area contributed by atoms with E-state index in [9.17, 15) is 29.4 Å². The predicted molar refractivity (Wildman–Crippen MR) is 249 cm³/mol. The number of rotatable bonds is 10. The zero-order valence-electron chi connectivity index (χ0n) is 36.3. The molecule has 2 aliphatic rings. The molecule has 4 aromatic carbocycles.